The molecule has 0 spiro atoms. The summed E-state index contributed by atoms with van der Waals surface area (Å²) in [7, 11) is 0. The van der Waals surface area contributed by atoms with Crippen molar-refractivity contribution in [2.75, 3.05) is 11.9 Å². The van der Waals surface area contributed by atoms with Gasteiger partial charge in [-0.25, -0.2) is 0 Å². The van der Waals surface area contributed by atoms with E-state index in [1.54, 1.807) is 0 Å². The average molecular weight is 217 g/mol. The SMILES string of the molecule is CC(=O)Nc1cccc(C(C)NCC#N)c1. The van der Waals surface area contributed by atoms with Crippen LogP contribution in [0.15, 0.2) is 24.3 Å². The van der Waals surface area contributed by atoms with Crippen molar-refractivity contribution in [3.8, 4) is 6.07 Å². The van der Waals surface area contributed by atoms with Gasteiger partial charge in [-0.1, -0.05) is 12.1 Å². The third-order valence-corrected chi connectivity index (χ3v) is 2.19. The summed E-state index contributed by atoms with van der Waals surface area (Å²) in [5, 5.41) is 14.2. The molecule has 0 heterocycles. The minimum Gasteiger partial charge on any atom is -0.326 e. The number of hydrogen-bond acceptors (Lipinski definition) is 3. The normalized spacial score (nSPS) is 11.6. The van der Waals surface area contributed by atoms with Crippen molar-refractivity contribution in [3.63, 3.8) is 0 Å². The number of nitriles is 1. The molecule has 0 aliphatic carbocycles. The smallest absolute Gasteiger partial charge is 0.221 e. The van der Waals surface area contributed by atoms with Gasteiger partial charge in [0.05, 0.1) is 12.6 Å². The van der Waals surface area contributed by atoms with Crippen molar-refractivity contribution in [1.82, 2.24) is 5.32 Å². The number of rotatable bonds is 4. The number of carbonyl (C=O) groups is 1. The lowest BCUT2D eigenvalue weighted by molar-refractivity contribution is -0.114. The van der Waals surface area contributed by atoms with Gasteiger partial charge in [-0.2, -0.15) is 5.26 Å². The summed E-state index contributed by atoms with van der Waals surface area (Å²) in [6.07, 6.45) is 0. The monoisotopic (exact) mass is 217 g/mol. The van der Waals surface area contributed by atoms with Crippen LogP contribution < -0.4 is 10.6 Å². The zero-order valence-corrected chi connectivity index (χ0v) is 9.45. The highest BCUT2D eigenvalue weighted by atomic mass is 16.1. The van der Waals surface area contributed by atoms with Gasteiger partial charge in [0.2, 0.25) is 5.91 Å². The van der Waals surface area contributed by atoms with Crippen LogP contribution in [0.5, 0.6) is 0 Å². The van der Waals surface area contributed by atoms with Crippen LogP contribution in [0.2, 0.25) is 0 Å². The van der Waals surface area contributed by atoms with Crippen molar-refractivity contribution in [1.29, 1.82) is 5.26 Å². The second kappa shape index (κ2) is 5.89. The molecule has 4 nitrogen and oxygen atoms in total. The van der Waals surface area contributed by atoms with E-state index < -0.39 is 0 Å². The largest absolute Gasteiger partial charge is 0.326 e. The molecule has 1 rings (SSSR count). The average Bonchev–Trinajstić information content (AvgIpc) is 2.25. The summed E-state index contributed by atoms with van der Waals surface area (Å²) in [5.41, 5.74) is 1.82. The van der Waals surface area contributed by atoms with Crippen molar-refractivity contribution in [2.45, 2.75) is 19.9 Å². The topological polar surface area (TPSA) is 64.9 Å². The minimum absolute atomic E-state index is 0.0882. The first-order chi connectivity index (χ1) is 7.63. The molecule has 1 aromatic carbocycles. The van der Waals surface area contributed by atoms with Crippen LogP contribution in [0.4, 0.5) is 5.69 Å². The number of hydrogen-bond donors (Lipinski definition) is 2. The lowest BCUT2D eigenvalue weighted by atomic mass is 10.1. The second-order valence-electron chi connectivity index (χ2n) is 3.57. The van der Waals surface area contributed by atoms with Crippen molar-refractivity contribution >= 4 is 11.6 Å². The molecule has 1 unspecified atom stereocenters. The Bertz CT molecular complexity index is 409. The molecule has 0 radical (unpaired) electrons. The van der Waals surface area contributed by atoms with Crippen LogP contribution >= 0.6 is 0 Å². The molecule has 4 heteroatoms. The van der Waals surface area contributed by atoms with E-state index in [-0.39, 0.29) is 11.9 Å². The molecular weight excluding hydrogens is 202 g/mol. The molecule has 1 aromatic rings. The fourth-order valence-corrected chi connectivity index (χ4v) is 1.41. The Hall–Kier alpha value is -1.86. The predicted octanol–water partition coefficient (Wildman–Crippen LogP) is 1.82. The zero-order chi connectivity index (χ0) is 12.0. The molecule has 0 saturated carbocycles. The molecule has 16 heavy (non-hydrogen) atoms. The minimum atomic E-state index is -0.0882. The number of carbonyl (C=O) groups excluding carboxylic acids is 1. The number of amides is 1. The Kier molecular flexibility index (Phi) is 4.49. The summed E-state index contributed by atoms with van der Waals surface area (Å²) in [6.45, 7) is 3.76. The highest BCUT2D eigenvalue weighted by Gasteiger charge is 2.05. The maximum atomic E-state index is 10.9. The van der Waals surface area contributed by atoms with Gasteiger partial charge >= 0.3 is 0 Å². The van der Waals surface area contributed by atoms with E-state index in [4.69, 9.17) is 5.26 Å². The van der Waals surface area contributed by atoms with Gasteiger partial charge in [-0.15, -0.1) is 0 Å². The third-order valence-electron chi connectivity index (χ3n) is 2.19. The Labute approximate surface area is 95.3 Å². The number of benzene rings is 1. The lowest BCUT2D eigenvalue weighted by Gasteiger charge is -2.13. The van der Waals surface area contributed by atoms with Crippen LogP contribution in [-0.2, 0) is 4.79 Å². The van der Waals surface area contributed by atoms with E-state index in [0.29, 0.717) is 6.54 Å². The molecule has 0 bridgehead atoms. The van der Waals surface area contributed by atoms with Crippen molar-refractivity contribution in [2.24, 2.45) is 0 Å². The molecule has 2 N–H and O–H groups in total. The maximum Gasteiger partial charge on any atom is 0.221 e. The number of anilines is 1. The first-order valence-electron chi connectivity index (χ1n) is 5.11. The third kappa shape index (κ3) is 3.71. The van der Waals surface area contributed by atoms with Gasteiger partial charge in [-0.3, -0.25) is 10.1 Å². The number of nitrogens with zero attached hydrogens (tertiary/aromatic N) is 1. The van der Waals surface area contributed by atoms with Crippen LogP contribution in [0, 0.1) is 11.3 Å². The highest BCUT2D eigenvalue weighted by molar-refractivity contribution is 5.88. The van der Waals surface area contributed by atoms with Gasteiger partial charge < -0.3 is 5.32 Å². The standard InChI is InChI=1S/C12H15N3O/c1-9(14-7-6-13)11-4-3-5-12(8-11)15-10(2)16/h3-5,8-9,14H,7H2,1-2H3,(H,15,16). The maximum absolute atomic E-state index is 10.9. The molecule has 0 aliphatic rings. The number of nitrogens with one attached hydrogen (secondary N) is 2. The first-order valence-corrected chi connectivity index (χ1v) is 5.11. The van der Waals surface area contributed by atoms with Gasteiger partial charge in [0.1, 0.15) is 0 Å². The Morgan fingerprint density at radius 3 is 2.94 bits per heavy atom. The van der Waals surface area contributed by atoms with E-state index >= 15 is 0 Å². The molecule has 0 saturated heterocycles. The molecule has 84 valence electrons. The van der Waals surface area contributed by atoms with Gasteiger partial charge in [0.25, 0.3) is 0 Å². The molecule has 0 aromatic heterocycles. The zero-order valence-electron chi connectivity index (χ0n) is 9.45. The fourth-order valence-electron chi connectivity index (χ4n) is 1.41. The quantitative estimate of drug-likeness (QED) is 0.756. The molecule has 0 fully saturated rings. The van der Waals surface area contributed by atoms with E-state index in [9.17, 15) is 4.79 Å². The van der Waals surface area contributed by atoms with Crippen molar-refractivity contribution < 1.29 is 4.79 Å². The molecule has 0 aliphatic heterocycles. The fraction of sp³-hybridized carbons (Fsp3) is 0.333. The van der Waals surface area contributed by atoms with Crippen LogP contribution in [-0.4, -0.2) is 12.5 Å². The van der Waals surface area contributed by atoms with E-state index in [2.05, 4.69) is 10.6 Å². The van der Waals surface area contributed by atoms with E-state index in [0.717, 1.165) is 11.3 Å². The summed E-state index contributed by atoms with van der Waals surface area (Å²) in [6, 6.07) is 9.70. The predicted molar refractivity (Wildman–Crippen MR) is 62.8 cm³/mol. The summed E-state index contributed by atoms with van der Waals surface area (Å²) in [4.78, 5) is 10.9. The van der Waals surface area contributed by atoms with Crippen molar-refractivity contribution in [3.05, 3.63) is 29.8 Å². The lowest BCUT2D eigenvalue weighted by Crippen LogP contribution is -2.18. The highest BCUT2D eigenvalue weighted by Crippen LogP contribution is 2.17. The van der Waals surface area contributed by atoms with Gasteiger partial charge in [0, 0.05) is 18.7 Å². The Balaban J connectivity index is 2.73. The molecule has 1 atom stereocenters. The second-order valence-corrected chi connectivity index (χ2v) is 3.57. The summed E-state index contributed by atoms with van der Waals surface area (Å²) in [5.74, 6) is -0.0882. The van der Waals surface area contributed by atoms with Crippen LogP contribution in [0.1, 0.15) is 25.5 Å². The first kappa shape index (κ1) is 12.2. The van der Waals surface area contributed by atoms with Crippen LogP contribution in [0.3, 0.4) is 0 Å². The van der Waals surface area contributed by atoms with E-state index in [1.165, 1.54) is 6.92 Å². The van der Waals surface area contributed by atoms with Crippen LogP contribution in [0.25, 0.3) is 0 Å². The molecular formula is C12H15N3O. The Morgan fingerprint density at radius 1 is 1.56 bits per heavy atom. The van der Waals surface area contributed by atoms with E-state index in [1.807, 2.05) is 37.3 Å². The Morgan fingerprint density at radius 2 is 2.31 bits per heavy atom. The summed E-state index contributed by atoms with van der Waals surface area (Å²) >= 11 is 0. The summed E-state index contributed by atoms with van der Waals surface area (Å²) < 4.78 is 0. The van der Waals surface area contributed by atoms with Gasteiger partial charge in [0.15, 0.2) is 0 Å². The van der Waals surface area contributed by atoms with Gasteiger partial charge in [-0.05, 0) is 24.6 Å². The molecule has 1 amide bonds.